The van der Waals surface area contributed by atoms with E-state index < -0.39 is 18.0 Å². The van der Waals surface area contributed by atoms with Gasteiger partial charge in [-0.25, -0.2) is 4.79 Å². The number of carbonyl (C=O) groups excluding carboxylic acids is 2. The molecule has 7 heteroatoms. The summed E-state index contributed by atoms with van der Waals surface area (Å²) in [5.41, 5.74) is 5.90. The van der Waals surface area contributed by atoms with Gasteiger partial charge >= 0.3 is 6.09 Å². The second-order valence-corrected chi connectivity index (χ2v) is 8.97. The summed E-state index contributed by atoms with van der Waals surface area (Å²) >= 11 is 1.59. The maximum atomic E-state index is 12.6. The van der Waals surface area contributed by atoms with E-state index in [1.165, 1.54) is 22.3 Å². The third-order valence-corrected chi connectivity index (χ3v) is 6.83. The monoisotopic (exact) mass is 471 g/mol. The van der Waals surface area contributed by atoms with Gasteiger partial charge in [0.1, 0.15) is 19.2 Å². The first-order chi connectivity index (χ1) is 16.7. The molecule has 1 aliphatic carbocycles. The lowest BCUT2D eigenvalue weighted by atomic mass is 9.99. The van der Waals surface area contributed by atoms with Crippen LogP contribution in [0.15, 0.2) is 78.9 Å². The number of fused-ring (bicyclic) bond motifs is 3. The number of hydrogen-bond donors (Lipinski definition) is 2. The molecule has 1 atom stereocenters. The van der Waals surface area contributed by atoms with Crippen molar-refractivity contribution in [1.82, 2.24) is 10.6 Å². The molecule has 1 aliphatic rings. The zero-order valence-corrected chi connectivity index (χ0v) is 19.4. The molecule has 0 heterocycles. The van der Waals surface area contributed by atoms with Crippen LogP contribution in [0.4, 0.5) is 4.79 Å². The predicted octanol–water partition coefficient (Wildman–Crippen LogP) is 4.47. The number of benzene rings is 3. The number of hydrogen-bond acceptors (Lipinski definition) is 5. The smallest absolute Gasteiger partial charge is 0.408 e. The van der Waals surface area contributed by atoms with Crippen LogP contribution in [0.1, 0.15) is 22.6 Å². The van der Waals surface area contributed by atoms with Gasteiger partial charge in [-0.1, -0.05) is 78.9 Å². The van der Waals surface area contributed by atoms with Crippen LogP contribution in [0.5, 0.6) is 0 Å². The number of carbonyl (C=O) groups is 2. The molecule has 3 aromatic carbocycles. The topological polar surface area (TPSA) is 91.2 Å². The van der Waals surface area contributed by atoms with E-state index in [0.29, 0.717) is 5.75 Å². The first-order valence-electron chi connectivity index (χ1n) is 11.0. The number of nitriles is 1. The van der Waals surface area contributed by atoms with Gasteiger partial charge in [0.15, 0.2) is 0 Å². The molecule has 0 saturated heterocycles. The number of nitrogens with zero attached hydrogens (tertiary/aromatic N) is 1. The molecule has 3 aromatic rings. The van der Waals surface area contributed by atoms with E-state index in [-0.39, 0.29) is 19.1 Å². The number of thioether (sulfide) groups is 1. The highest BCUT2D eigenvalue weighted by atomic mass is 32.2. The van der Waals surface area contributed by atoms with Gasteiger partial charge in [-0.2, -0.15) is 17.0 Å². The second-order valence-electron chi connectivity index (χ2n) is 7.90. The largest absolute Gasteiger partial charge is 0.445 e. The number of ether oxygens (including phenoxy) is 1. The quantitative estimate of drug-likeness (QED) is 0.450. The molecule has 2 N–H and O–H groups in total. The van der Waals surface area contributed by atoms with Crippen molar-refractivity contribution in [3.63, 3.8) is 0 Å². The van der Waals surface area contributed by atoms with Crippen LogP contribution in [0, 0.1) is 11.3 Å². The van der Waals surface area contributed by atoms with Crippen molar-refractivity contribution in [3.05, 3.63) is 95.6 Å². The normalized spacial score (nSPS) is 12.7. The van der Waals surface area contributed by atoms with Gasteiger partial charge in [0, 0.05) is 17.4 Å². The maximum Gasteiger partial charge on any atom is 0.408 e. The van der Waals surface area contributed by atoms with Crippen LogP contribution < -0.4 is 10.6 Å². The fourth-order valence-corrected chi connectivity index (χ4v) is 5.28. The summed E-state index contributed by atoms with van der Waals surface area (Å²) in [5, 5.41) is 14.0. The van der Waals surface area contributed by atoms with Crippen LogP contribution in [-0.4, -0.2) is 36.1 Å². The van der Waals surface area contributed by atoms with Gasteiger partial charge < -0.3 is 15.4 Å². The summed E-state index contributed by atoms with van der Waals surface area (Å²) < 4.78 is 5.28. The third-order valence-electron chi connectivity index (χ3n) is 5.69. The Morgan fingerprint density at radius 2 is 1.56 bits per heavy atom. The lowest BCUT2D eigenvalue weighted by molar-refractivity contribution is -0.122. The summed E-state index contributed by atoms with van der Waals surface area (Å²) in [6.07, 6.45) is -0.668. The Hall–Kier alpha value is -3.76. The molecule has 34 heavy (non-hydrogen) atoms. The van der Waals surface area contributed by atoms with Gasteiger partial charge in [-0.05, 0) is 27.8 Å². The minimum absolute atomic E-state index is 0.113. The first-order valence-corrected chi connectivity index (χ1v) is 12.2. The summed E-state index contributed by atoms with van der Waals surface area (Å²) in [5.74, 6) is 0.929. The molecule has 0 unspecified atom stereocenters. The van der Waals surface area contributed by atoms with Crippen molar-refractivity contribution in [2.24, 2.45) is 0 Å². The Balaban J connectivity index is 1.38. The van der Waals surface area contributed by atoms with Crippen molar-refractivity contribution in [3.8, 4) is 17.2 Å². The van der Waals surface area contributed by atoms with Crippen molar-refractivity contribution < 1.29 is 14.3 Å². The van der Waals surface area contributed by atoms with Crippen molar-refractivity contribution in [2.45, 2.75) is 18.6 Å². The fraction of sp³-hybridized carbons (Fsp3) is 0.222. The van der Waals surface area contributed by atoms with Gasteiger partial charge in [0.25, 0.3) is 0 Å². The number of alkyl carbamates (subject to hydrolysis) is 1. The summed E-state index contributed by atoms with van der Waals surface area (Å²) in [7, 11) is 0. The van der Waals surface area contributed by atoms with Crippen LogP contribution >= 0.6 is 11.8 Å². The highest BCUT2D eigenvalue weighted by molar-refractivity contribution is 7.99. The van der Waals surface area contributed by atoms with E-state index in [2.05, 4.69) is 34.9 Å². The SMILES string of the molecule is N#CCNC(=O)[C@@H](CSCC1c2ccccc2-c2ccccc21)NC(=O)OCc1ccccc1. The molecular weight excluding hydrogens is 446 g/mol. The van der Waals surface area contributed by atoms with E-state index in [1.54, 1.807) is 11.8 Å². The number of nitrogens with one attached hydrogen (secondary N) is 2. The fourth-order valence-electron chi connectivity index (χ4n) is 4.08. The van der Waals surface area contributed by atoms with Crippen LogP contribution in [-0.2, 0) is 16.1 Å². The Bertz CT molecular complexity index is 1150. The molecule has 0 bridgehead atoms. The lowest BCUT2D eigenvalue weighted by Gasteiger charge is -2.19. The van der Waals surface area contributed by atoms with Crippen LogP contribution in [0.25, 0.3) is 11.1 Å². The second kappa shape index (κ2) is 11.4. The van der Waals surface area contributed by atoms with Crippen LogP contribution in [0.2, 0.25) is 0 Å². The zero-order chi connectivity index (χ0) is 23.8. The number of rotatable bonds is 9. The molecule has 4 rings (SSSR count). The molecule has 0 spiro atoms. The Kier molecular flexibility index (Phi) is 7.84. The van der Waals surface area contributed by atoms with Gasteiger partial charge in [0.05, 0.1) is 6.07 Å². The molecule has 0 saturated carbocycles. The predicted molar refractivity (Wildman–Crippen MR) is 133 cm³/mol. The van der Waals surface area contributed by atoms with Gasteiger partial charge in [-0.3, -0.25) is 4.79 Å². The van der Waals surface area contributed by atoms with E-state index in [4.69, 9.17) is 10.00 Å². The van der Waals surface area contributed by atoms with E-state index in [1.807, 2.05) is 60.7 Å². The highest BCUT2D eigenvalue weighted by Gasteiger charge is 2.29. The van der Waals surface area contributed by atoms with E-state index in [9.17, 15) is 9.59 Å². The average molecular weight is 472 g/mol. The molecule has 172 valence electrons. The molecule has 6 nitrogen and oxygen atoms in total. The lowest BCUT2D eigenvalue weighted by Crippen LogP contribution is -2.48. The summed E-state index contributed by atoms with van der Waals surface area (Å²) in [4.78, 5) is 25.0. The summed E-state index contributed by atoms with van der Waals surface area (Å²) in [6, 6.07) is 27.2. The van der Waals surface area contributed by atoms with Crippen molar-refractivity contribution >= 4 is 23.8 Å². The Morgan fingerprint density at radius 3 is 2.21 bits per heavy atom. The van der Waals surface area contributed by atoms with Crippen LogP contribution in [0.3, 0.4) is 0 Å². The van der Waals surface area contributed by atoms with Gasteiger partial charge in [-0.15, -0.1) is 0 Å². The van der Waals surface area contributed by atoms with E-state index in [0.717, 1.165) is 11.3 Å². The minimum atomic E-state index is -0.812. The third kappa shape index (κ3) is 5.59. The number of amides is 2. The molecule has 0 radical (unpaired) electrons. The standard InChI is InChI=1S/C27H25N3O3S/c28-14-15-29-26(31)25(30-27(32)33-16-19-8-2-1-3-9-19)18-34-17-24-22-12-6-4-10-20(22)21-11-5-7-13-23(21)24/h1-13,24-25H,15-18H2,(H,29,31)(H,30,32)/t25-/m1/s1. The van der Waals surface area contributed by atoms with E-state index >= 15 is 0 Å². The molecule has 0 aliphatic heterocycles. The summed E-state index contributed by atoms with van der Waals surface area (Å²) in [6.45, 7) is -0.00783. The minimum Gasteiger partial charge on any atom is -0.445 e. The average Bonchev–Trinajstić information content (AvgIpc) is 3.20. The zero-order valence-electron chi connectivity index (χ0n) is 18.6. The van der Waals surface area contributed by atoms with Gasteiger partial charge in [0.2, 0.25) is 5.91 Å². The van der Waals surface area contributed by atoms with Crippen molar-refractivity contribution in [1.29, 1.82) is 5.26 Å². The highest BCUT2D eigenvalue weighted by Crippen LogP contribution is 2.45. The molecule has 2 amide bonds. The first kappa shape index (κ1) is 23.4. The molecule has 0 fully saturated rings. The van der Waals surface area contributed by atoms with Crippen molar-refractivity contribution in [2.75, 3.05) is 18.1 Å². The maximum absolute atomic E-state index is 12.6. The molecule has 0 aromatic heterocycles. The Morgan fingerprint density at radius 1 is 0.941 bits per heavy atom. The molecular formula is C27H25N3O3S. The Labute approximate surface area is 203 Å².